The number of carbonyl (C=O) groups is 1. The van der Waals surface area contributed by atoms with Gasteiger partial charge in [0.15, 0.2) is 5.78 Å². The number of hydrogen-bond donors (Lipinski definition) is 3. The Bertz CT molecular complexity index is 1380. The standard InChI is InChI=1S/C37H59N2O9P/c1-22(2)46-21-33(41)25(5)38-49(45,48-28-10-8-26(9-11-28)39(43)44)47-19-16-23(3)29-12-13-30-34-31(15-18-36(29,30)6)37(7)17-14-27(40)20-32(37)24(4)35(34)42/h8-11,22-25,27,29-32,34-35,40,42H,12-21H2,1-7H3,(H,38,45)/t23-,24-,25+,27-,29-,30?,31?,32?,34?,35?,36-,37-,49-/m1/s1. The number of ether oxygens (including phenoxy) is 1. The molecule has 0 saturated heterocycles. The monoisotopic (exact) mass is 706 g/mol. The largest absolute Gasteiger partial charge is 0.459 e. The first-order valence-corrected chi connectivity index (χ1v) is 20.0. The van der Waals surface area contributed by atoms with Gasteiger partial charge in [-0.2, -0.15) is 0 Å². The SMILES string of the molecule is CC(C)OCC(=O)[C@H](C)N[P@@](=O)(OCC[C@@H](C)[C@H]1CCC2C3C(O)[C@H](C)C4C[C@H](O)CC[C@]4(C)C3CC[C@@]21C)Oc1ccc([N+](=O)[O-])cc1. The molecule has 0 heterocycles. The number of aliphatic hydroxyl groups excluding tert-OH is 2. The van der Waals surface area contributed by atoms with Crippen LogP contribution in [0.4, 0.5) is 5.69 Å². The molecule has 276 valence electrons. The van der Waals surface area contributed by atoms with E-state index in [2.05, 4.69) is 32.8 Å². The number of Topliss-reactive ketones (excluding diaryl/α,β-unsaturated/α-hetero) is 1. The van der Waals surface area contributed by atoms with Crippen LogP contribution in [0.2, 0.25) is 0 Å². The second kappa shape index (κ2) is 15.0. The van der Waals surface area contributed by atoms with Crippen molar-refractivity contribution in [2.24, 2.45) is 52.3 Å². The van der Waals surface area contributed by atoms with Gasteiger partial charge in [0, 0.05) is 12.1 Å². The van der Waals surface area contributed by atoms with Gasteiger partial charge in [-0.25, -0.2) is 9.65 Å². The summed E-state index contributed by atoms with van der Waals surface area (Å²) in [4.78, 5) is 23.4. The number of carbonyl (C=O) groups excluding carboxylic acids is 1. The zero-order valence-electron chi connectivity index (χ0n) is 30.4. The minimum absolute atomic E-state index is 0.0766. The van der Waals surface area contributed by atoms with Crippen LogP contribution in [0, 0.1) is 62.4 Å². The fraction of sp³-hybridized carbons (Fsp3) is 0.811. The van der Waals surface area contributed by atoms with Gasteiger partial charge in [0.05, 0.1) is 35.9 Å². The van der Waals surface area contributed by atoms with Gasteiger partial charge in [0.2, 0.25) is 0 Å². The molecule has 1 aromatic carbocycles. The van der Waals surface area contributed by atoms with Crippen molar-refractivity contribution in [2.75, 3.05) is 13.2 Å². The van der Waals surface area contributed by atoms with Crippen molar-refractivity contribution in [1.29, 1.82) is 0 Å². The zero-order valence-corrected chi connectivity index (χ0v) is 31.3. The molecule has 4 fully saturated rings. The summed E-state index contributed by atoms with van der Waals surface area (Å²) < 4.78 is 31.3. The summed E-state index contributed by atoms with van der Waals surface area (Å²) in [7, 11) is -4.08. The van der Waals surface area contributed by atoms with Crippen LogP contribution in [0.15, 0.2) is 24.3 Å². The molecule has 3 N–H and O–H groups in total. The maximum absolute atomic E-state index is 14.1. The molecule has 13 atom stereocenters. The van der Waals surface area contributed by atoms with E-state index in [0.29, 0.717) is 30.1 Å². The highest BCUT2D eigenvalue weighted by molar-refractivity contribution is 7.52. The van der Waals surface area contributed by atoms with E-state index >= 15 is 0 Å². The normalized spacial score (nSPS) is 38.1. The van der Waals surface area contributed by atoms with Crippen LogP contribution < -0.4 is 9.61 Å². The van der Waals surface area contributed by atoms with E-state index in [9.17, 15) is 29.7 Å². The van der Waals surface area contributed by atoms with Crippen molar-refractivity contribution in [1.82, 2.24) is 5.09 Å². The van der Waals surface area contributed by atoms with Gasteiger partial charge in [-0.3, -0.25) is 19.4 Å². The summed E-state index contributed by atoms with van der Waals surface area (Å²) in [5.41, 5.74) is 0.102. The predicted molar refractivity (Wildman–Crippen MR) is 187 cm³/mol. The molecule has 5 rings (SSSR count). The van der Waals surface area contributed by atoms with Crippen molar-refractivity contribution in [3.05, 3.63) is 34.4 Å². The second-order valence-corrected chi connectivity index (χ2v) is 18.2. The Kier molecular flexibility index (Phi) is 11.7. The van der Waals surface area contributed by atoms with Gasteiger partial charge in [-0.15, -0.1) is 0 Å². The molecule has 12 heteroatoms. The molecule has 4 aliphatic carbocycles. The highest BCUT2D eigenvalue weighted by Gasteiger charge is 2.64. The third kappa shape index (κ3) is 7.82. The molecule has 11 nitrogen and oxygen atoms in total. The molecule has 0 aromatic heterocycles. The number of benzene rings is 1. The van der Waals surface area contributed by atoms with Crippen molar-refractivity contribution < 1.29 is 38.3 Å². The average molecular weight is 707 g/mol. The van der Waals surface area contributed by atoms with Gasteiger partial charge < -0.3 is 19.5 Å². The van der Waals surface area contributed by atoms with Crippen molar-refractivity contribution in [3.63, 3.8) is 0 Å². The molecule has 0 amide bonds. The first-order chi connectivity index (χ1) is 23.0. The van der Waals surface area contributed by atoms with Crippen LogP contribution in [0.5, 0.6) is 5.75 Å². The molecule has 49 heavy (non-hydrogen) atoms. The second-order valence-electron chi connectivity index (χ2n) is 16.5. The number of nitrogens with zero attached hydrogens (tertiary/aromatic N) is 1. The van der Waals surface area contributed by atoms with E-state index in [1.54, 1.807) is 6.92 Å². The maximum atomic E-state index is 14.1. The minimum Gasteiger partial charge on any atom is -0.413 e. The van der Waals surface area contributed by atoms with Gasteiger partial charge in [0.1, 0.15) is 12.4 Å². The Morgan fingerprint density at radius 3 is 2.33 bits per heavy atom. The molecule has 0 spiro atoms. The molecule has 4 saturated carbocycles. The van der Waals surface area contributed by atoms with E-state index in [4.69, 9.17) is 13.8 Å². The maximum Gasteiger partial charge on any atom is 0.459 e. The summed E-state index contributed by atoms with van der Waals surface area (Å²) in [6, 6.07) is 4.37. The summed E-state index contributed by atoms with van der Waals surface area (Å²) >= 11 is 0. The highest BCUT2D eigenvalue weighted by Crippen LogP contribution is 2.69. The lowest BCUT2D eigenvalue weighted by Crippen LogP contribution is -2.61. The molecule has 5 unspecified atom stereocenters. The molecular formula is C37H59N2O9P. The van der Waals surface area contributed by atoms with Crippen LogP contribution in [-0.2, 0) is 18.6 Å². The van der Waals surface area contributed by atoms with Crippen molar-refractivity contribution in [2.45, 2.75) is 124 Å². The van der Waals surface area contributed by atoms with Crippen LogP contribution in [0.1, 0.15) is 99.8 Å². The first kappa shape index (κ1) is 38.4. The Labute approximate surface area is 292 Å². The van der Waals surface area contributed by atoms with E-state index in [1.165, 1.54) is 24.3 Å². The Balaban J connectivity index is 1.26. The smallest absolute Gasteiger partial charge is 0.413 e. The Hall–Kier alpha value is -1.88. The van der Waals surface area contributed by atoms with E-state index in [0.717, 1.165) is 44.9 Å². The minimum atomic E-state index is -4.08. The zero-order chi connectivity index (χ0) is 35.9. The summed E-state index contributed by atoms with van der Waals surface area (Å²) in [6.45, 7) is 14.5. The van der Waals surface area contributed by atoms with E-state index in [-0.39, 0.29) is 77.3 Å². The molecule has 0 radical (unpaired) electrons. The van der Waals surface area contributed by atoms with Crippen LogP contribution >= 0.6 is 7.75 Å². The van der Waals surface area contributed by atoms with Gasteiger partial charge in [0.25, 0.3) is 5.69 Å². The van der Waals surface area contributed by atoms with Crippen LogP contribution in [-0.4, -0.2) is 58.5 Å². The summed E-state index contributed by atoms with van der Waals surface area (Å²) in [6.07, 6.45) is 6.91. The topological polar surface area (TPSA) is 157 Å². The third-order valence-corrected chi connectivity index (χ3v) is 15.1. The Morgan fingerprint density at radius 2 is 1.67 bits per heavy atom. The quantitative estimate of drug-likeness (QED) is 0.102. The lowest BCUT2D eigenvalue weighted by Gasteiger charge is -2.64. The Morgan fingerprint density at radius 1 is 1.02 bits per heavy atom. The number of non-ortho nitro benzene ring substituents is 1. The van der Waals surface area contributed by atoms with Gasteiger partial charge >= 0.3 is 7.75 Å². The number of aliphatic hydroxyl groups is 2. The van der Waals surface area contributed by atoms with Crippen molar-refractivity contribution >= 4 is 19.2 Å². The number of fused-ring (bicyclic) bond motifs is 5. The predicted octanol–water partition coefficient (Wildman–Crippen LogP) is 7.33. The molecular weight excluding hydrogens is 647 g/mol. The van der Waals surface area contributed by atoms with Crippen molar-refractivity contribution in [3.8, 4) is 5.75 Å². The lowest BCUT2D eigenvalue weighted by molar-refractivity contribution is -0.384. The third-order valence-electron chi connectivity index (χ3n) is 13.4. The number of hydrogen-bond acceptors (Lipinski definition) is 9. The number of nitrogens with one attached hydrogen (secondary N) is 1. The molecule has 0 aliphatic heterocycles. The fourth-order valence-corrected chi connectivity index (χ4v) is 12.3. The van der Waals surface area contributed by atoms with Crippen LogP contribution in [0.3, 0.4) is 0 Å². The van der Waals surface area contributed by atoms with E-state index < -0.39 is 18.7 Å². The van der Waals surface area contributed by atoms with Gasteiger partial charge in [-0.05, 0) is 137 Å². The van der Waals surface area contributed by atoms with E-state index in [1.807, 2.05) is 13.8 Å². The number of rotatable bonds is 14. The summed E-state index contributed by atoms with van der Waals surface area (Å²) in [5.74, 6) is 2.17. The fourth-order valence-electron chi connectivity index (χ4n) is 10.7. The van der Waals surface area contributed by atoms with Gasteiger partial charge in [-0.1, -0.05) is 27.7 Å². The molecule has 0 bridgehead atoms. The highest BCUT2D eigenvalue weighted by atomic mass is 31.2. The average Bonchev–Trinajstić information content (AvgIpc) is 3.40. The molecule has 4 aliphatic rings. The van der Waals surface area contributed by atoms with Crippen LogP contribution in [0.25, 0.3) is 0 Å². The first-order valence-electron chi connectivity index (χ1n) is 18.5. The summed E-state index contributed by atoms with van der Waals surface area (Å²) in [5, 5.41) is 36.3. The molecule has 1 aromatic rings. The lowest BCUT2D eigenvalue weighted by atomic mass is 9.42. The number of nitro benzene ring substituents is 1. The number of nitro groups is 1. The number of ketones is 1.